The molecule has 1 unspecified atom stereocenters. The van der Waals surface area contributed by atoms with E-state index in [-0.39, 0.29) is 18.3 Å². The van der Waals surface area contributed by atoms with Crippen LogP contribution in [-0.4, -0.2) is 49.1 Å². The van der Waals surface area contributed by atoms with Gasteiger partial charge in [0.15, 0.2) is 0 Å². The topological polar surface area (TPSA) is 35.6 Å². The Kier molecular flexibility index (Phi) is 5.35. The number of halogens is 1. The van der Waals surface area contributed by atoms with Crippen molar-refractivity contribution >= 4 is 24.0 Å². The van der Waals surface area contributed by atoms with Gasteiger partial charge in [-0.15, -0.1) is 12.4 Å². The predicted molar refractivity (Wildman–Crippen MR) is 93.2 cm³/mol. The van der Waals surface area contributed by atoms with Gasteiger partial charge in [0.1, 0.15) is 0 Å². The number of anilines is 1. The predicted octanol–water partition coefficient (Wildman–Crippen LogP) is 2.31. The Morgan fingerprint density at radius 3 is 2.73 bits per heavy atom. The second-order valence-corrected chi connectivity index (χ2v) is 6.09. The number of carbonyl (C=O) groups is 1. The van der Waals surface area contributed by atoms with Crippen LogP contribution in [0.25, 0.3) is 0 Å². The second kappa shape index (κ2) is 6.88. The molecule has 2 aliphatic heterocycles. The highest BCUT2D eigenvalue weighted by Crippen LogP contribution is 2.35. The fourth-order valence-electron chi connectivity index (χ4n) is 3.68. The lowest BCUT2D eigenvalue weighted by atomic mass is 10.1. The van der Waals surface area contributed by atoms with Crippen molar-refractivity contribution in [1.29, 1.82) is 0 Å². The van der Waals surface area contributed by atoms with Crippen molar-refractivity contribution < 1.29 is 4.79 Å². The summed E-state index contributed by atoms with van der Waals surface area (Å²) in [5.74, 6) is 0.147. The summed E-state index contributed by atoms with van der Waals surface area (Å²) >= 11 is 0. The van der Waals surface area contributed by atoms with E-state index in [9.17, 15) is 4.79 Å². The number of hydrogen-bond donors (Lipinski definition) is 1. The van der Waals surface area contributed by atoms with Crippen LogP contribution in [0.3, 0.4) is 0 Å². The van der Waals surface area contributed by atoms with E-state index < -0.39 is 0 Å². The van der Waals surface area contributed by atoms with Crippen LogP contribution >= 0.6 is 12.4 Å². The van der Waals surface area contributed by atoms with Crippen LogP contribution in [0.1, 0.15) is 36.7 Å². The minimum absolute atomic E-state index is 0. The Morgan fingerprint density at radius 2 is 2.05 bits per heavy atom. The van der Waals surface area contributed by atoms with Gasteiger partial charge >= 0.3 is 0 Å². The molecular formula is C17H26ClN3O. The minimum Gasteiger partial charge on any atom is -0.363 e. The van der Waals surface area contributed by atoms with E-state index in [1.165, 1.54) is 11.3 Å². The van der Waals surface area contributed by atoms with Gasteiger partial charge in [0.05, 0.1) is 0 Å². The Bertz CT molecular complexity index is 545. The van der Waals surface area contributed by atoms with Gasteiger partial charge in [-0.05, 0) is 44.9 Å². The van der Waals surface area contributed by atoms with Crippen molar-refractivity contribution in [3.8, 4) is 0 Å². The molecule has 1 N–H and O–H groups in total. The summed E-state index contributed by atoms with van der Waals surface area (Å²) in [6.07, 6.45) is 1.09. The quantitative estimate of drug-likeness (QED) is 0.927. The summed E-state index contributed by atoms with van der Waals surface area (Å²) in [6, 6.07) is 7.29. The molecule has 0 bridgehead atoms. The van der Waals surface area contributed by atoms with Crippen LogP contribution in [0.2, 0.25) is 0 Å². The first kappa shape index (κ1) is 17.1. The average Bonchev–Trinajstić information content (AvgIpc) is 2.87. The molecule has 1 aromatic carbocycles. The molecule has 2 aliphatic rings. The summed E-state index contributed by atoms with van der Waals surface area (Å²) in [4.78, 5) is 16.9. The molecule has 0 radical (unpaired) electrons. The number of carbonyl (C=O) groups excluding carboxylic acids is 1. The lowest BCUT2D eigenvalue weighted by molar-refractivity contribution is 0.0773. The molecule has 1 saturated heterocycles. The Labute approximate surface area is 139 Å². The number of nitrogens with zero attached hydrogens (tertiary/aromatic N) is 2. The summed E-state index contributed by atoms with van der Waals surface area (Å²) in [7, 11) is 0. The van der Waals surface area contributed by atoms with Crippen molar-refractivity contribution in [3.63, 3.8) is 0 Å². The number of piperazine rings is 1. The zero-order valence-corrected chi connectivity index (χ0v) is 14.4. The standard InChI is InChI=1S/C17H25N3O.ClH/c1-4-19(5-2)17(21)14-7-6-13-8-15-11-18-10-12(3)20(15)16(13)9-14;/h6-7,9,12,15,18H,4-5,8,10-11H2,1-3H3;1H/t12?,15-;/m1./s1. The van der Waals surface area contributed by atoms with Crippen LogP contribution in [0.5, 0.6) is 0 Å². The third kappa shape index (κ3) is 2.82. The highest BCUT2D eigenvalue weighted by molar-refractivity contribution is 5.95. The third-order valence-electron chi connectivity index (χ3n) is 4.80. The largest absolute Gasteiger partial charge is 0.363 e. The Hall–Kier alpha value is -1.26. The smallest absolute Gasteiger partial charge is 0.253 e. The zero-order valence-electron chi connectivity index (χ0n) is 13.6. The molecule has 2 atom stereocenters. The van der Waals surface area contributed by atoms with Crippen LogP contribution in [0.15, 0.2) is 18.2 Å². The number of hydrogen-bond acceptors (Lipinski definition) is 3. The summed E-state index contributed by atoms with van der Waals surface area (Å²) in [5, 5.41) is 3.50. The monoisotopic (exact) mass is 323 g/mol. The van der Waals surface area contributed by atoms with Gasteiger partial charge in [0.25, 0.3) is 5.91 Å². The number of amides is 1. The van der Waals surface area contributed by atoms with E-state index in [0.29, 0.717) is 12.1 Å². The maximum Gasteiger partial charge on any atom is 0.253 e. The molecule has 1 amide bonds. The van der Waals surface area contributed by atoms with Gasteiger partial charge in [-0.3, -0.25) is 4.79 Å². The molecule has 0 aliphatic carbocycles. The molecule has 3 rings (SSSR count). The van der Waals surface area contributed by atoms with Crippen molar-refractivity contribution in [2.45, 2.75) is 39.3 Å². The van der Waals surface area contributed by atoms with Gasteiger partial charge in [-0.2, -0.15) is 0 Å². The summed E-state index contributed by atoms with van der Waals surface area (Å²) in [5.41, 5.74) is 3.47. The van der Waals surface area contributed by atoms with Crippen molar-refractivity contribution in [1.82, 2.24) is 10.2 Å². The van der Waals surface area contributed by atoms with Crippen molar-refractivity contribution in [2.75, 3.05) is 31.1 Å². The first-order valence-corrected chi connectivity index (χ1v) is 8.07. The maximum atomic E-state index is 12.5. The van der Waals surface area contributed by atoms with Crippen LogP contribution < -0.4 is 10.2 Å². The van der Waals surface area contributed by atoms with Gasteiger partial charge in [0.2, 0.25) is 0 Å². The molecule has 1 aromatic rings. The molecule has 5 heteroatoms. The SMILES string of the molecule is CCN(CC)C(=O)c1ccc2c(c1)N1C(C)CNC[C@H]1C2.Cl. The van der Waals surface area contributed by atoms with E-state index >= 15 is 0 Å². The van der Waals surface area contributed by atoms with Crippen LogP contribution in [0.4, 0.5) is 5.69 Å². The highest BCUT2D eigenvalue weighted by Gasteiger charge is 2.35. The fourth-order valence-corrected chi connectivity index (χ4v) is 3.68. The Morgan fingerprint density at radius 1 is 1.32 bits per heavy atom. The number of rotatable bonds is 3. The second-order valence-electron chi connectivity index (χ2n) is 6.09. The molecular weight excluding hydrogens is 298 g/mol. The normalized spacial score (nSPS) is 22.6. The Balaban J connectivity index is 0.00000176. The average molecular weight is 324 g/mol. The first-order valence-electron chi connectivity index (χ1n) is 8.07. The molecule has 22 heavy (non-hydrogen) atoms. The number of nitrogens with one attached hydrogen (secondary N) is 1. The minimum atomic E-state index is 0. The lowest BCUT2D eigenvalue weighted by Gasteiger charge is -2.38. The van der Waals surface area contributed by atoms with Crippen molar-refractivity contribution in [2.24, 2.45) is 0 Å². The number of benzene rings is 1. The third-order valence-corrected chi connectivity index (χ3v) is 4.80. The molecule has 1 fully saturated rings. The molecule has 122 valence electrons. The van der Waals surface area contributed by atoms with Gasteiger partial charge in [0, 0.05) is 49.5 Å². The fraction of sp³-hybridized carbons (Fsp3) is 0.588. The van der Waals surface area contributed by atoms with Crippen LogP contribution in [0, 0.1) is 0 Å². The van der Waals surface area contributed by atoms with Crippen LogP contribution in [-0.2, 0) is 6.42 Å². The zero-order chi connectivity index (χ0) is 15.0. The lowest BCUT2D eigenvalue weighted by Crippen LogP contribution is -2.54. The van der Waals surface area contributed by atoms with E-state index in [0.717, 1.165) is 38.2 Å². The number of fused-ring (bicyclic) bond motifs is 3. The first-order chi connectivity index (χ1) is 10.2. The maximum absolute atomic E-state index is 12.5. The highest BCUT2D eigenvalue weighted by atomic mass is 35.5. The van der Waals surface area contributed by atoms with E-state index in [2.05, 4.69) is 29.3 Å². The molecule has 2 heterocycles. The molecule has 0 aromatic heterocycles. The molecule has 0 spiro atoms. The molecule has 0 saturated carbocycles. The summed E-state index contributed by atoms with van der Waals surface area (Å²) in [6.45, 7) is 9.90. The van der Waals surface area contributed by atoms with E-state index in [4.69, 9.17) is 0 Å². The molecule has 4 nitrogen and oxygen atoms in total. The van der Waals surface area contributed by atoms with Gasteiger partial charge in [-0.1, -0.05) is 6.07 Å². The van der Waals surface area contributed by atoms with E-state index in [1.807, 2.05) is 24.8 Å². The van der Waals surface area contributed by atoms with Gasteiger partial charge < -0.3 is 15.1 Å². The van der Waals surface area contributed by atoms with Gasteiger partial charge in [-0.25, -0.2) is 0 Å². The van der Waals surface area contributed by atoms with Crippen molar-refractivity contribution in [3.05, 3.63) is 29.3 Å². The summed E-state index contributed by atoms with van der Waals surface area (Å²) < 4.78 is 0. The van der Waals surface area contributed by atoms with E-state index in [1.54, 1.807) is 0 Å².